The van der Waals surface area contributed by atoms with Gasteiger partial charge in [-0.3, -0.25) is 4.79 Å². The summed E-state index contributed by atoms with van der Waals surface area (Å²) in [6, 6.07) is 8.40. The number of carbonyl (C=O) groups excluding carboxylic acids is 1. The summed E-state index contributed by atoms with van der Waals surface area (Å²) in [5.41, 5.74) is 3.12. The molecule has 1 aliphatic heterocycles. The monoisotopic (exact) mass is 257 g/mol. The van der Waals surface area contributed by atoms with Crippen LogP contribution in [0.15, 0.2) is 18.2 Å². The number of nitrogens with one attached hydrogen (secondary N) is 1. The summed E-state index contributed by atoms with van der Waals surface area (Å²) in [5.74, 6) is 0.0679. The number of benzene rings is 1. The molecule has 1 aromatic carbocycles. The van der Waals surface area contributed by atoms with Gasteiger partial charge in [0.05, 0.1) is 18.4 Å². The zero-order valence-electron chi connectivity index (χ0n) is 11.6. The van der Waals surface area contributed by atoms with Gasteiger partial charge in [-0.1, -0.05) is 19.1 Å². The van der Waals surface area contributed by atoms with Crippen LogP contribution < -0.4 is 10.2 Å². The maximum atomic E-state index is 11.7. The van der Waals surface area contributed by atoms with Gasteiger partial charge in [0.1, 0.15) is 0 Å². The van der Waals surface area contributed by atoms with Crippen LogP contribution in [0, 0.1) is 17.2 Å². The number of carbonyl (C=O) groups is 1. The van der Waals surface area contributed by atoms with E-state index >= 15 is 0 Å². The Morgan fingerprint density at radius 2 is 2.26 bits per heavy atom. The van der Waals surface area contributed by atoms with E-state index in [4.69, 9.17) is 0 Å². The minimum atomic E-state index is -0.0575. The fourth-order valence-electron chi connectivity index (χ4n) is 2.69. The summed E-state index contributed by atoms with van der Waals surface area (Å²) in [4.78, 5) is 13.4. The molecule has 0 radical (unpaired) electrons. The highest BCUT2D eigenvalue weighted by Gasteiger charge is 2.26. The number of fused-ring (bicyclic) bond motifs is 1. The van der Waals surface area contributed by atoms with E-state index < -0.39 is 0 Å². The van der Waals surface area contributed by atoms with E-state index in [1.54, 1.807) is 11.9 Å². The van der Waals surface area contributed by atoms with Crippen molar-refractivity contribution in [2.24, 2.45) is 5.92 Å². The van der Waals surface area contributed by atoms with Crippen molar-refractivity contribution < 1.29 is 4.79 Å². The van der Waals surface area contributed by atoms with E-state index in [0.29, 0.717) is 6.42 Å². The molecular weight excluding hydrogens is 238 g/mol. The smallest absolute Gasteiger partial charge is 0.231 e. The van der Waals surface area contributed by atoms with Crippen molar-refractivity contribution in [3.63, 3.8) is 0 Å². The molecule has 2 rings (SSSR count). The van der Waals surface area contributed by atoms with Crippen LogP contribution in [0.25, 0.3) is 0 Å². The molecule has 2 atom stereocenters. The molecule has 0 aliphatic carbocycles. The van der Waals surface area contributed by atoms with Crippen LogP contribution in [0.1, 0.15) is 30.5 Å². The van der Waals surface area contributed by atoms with E-state index in [1.165, 1.54) is 0 Å². The van der Waals surface area contributed by atoms with E-state index in [-0.39, 0.29) is 17.9 Å². The topological polar surface area (TPSA) is 56.1 Å². The van der Waals surface area contributed by atoms with Crippen LogP contribution in [0.5, 0.6) is 0 Å². The zero-order chi connectivity index (χ0) is 14.0. The Kier molecular flexibility index (Phi) is 3.87. The second-order valence-corrected chi connectivity index (χ2v) is 4.93. The molecule has 0 spiro atoms. The summed E-state index contributed by atoms with van der Waals surface area (Å²) in [7, 11) is 3.67. The van der Waals surface area contributed by atoms with Crippen LogP contribution >= 0.6 is 0 Å². The lowest BCUT2D eigenvalue weighted by Crippen LogP contribution is -2.24. The number of nitriles is 1. The van der Waals surface area contributed by atoms with Gasteiger partial charge in [-0.25, -0.2) is 0 Å². The Morgan fingerprint density at radius 1 is 1.53 bits per heavy atom. The van der Waals surface area contributed by atoms with Crippen molar-refractivity contribution in [2.45, 2.75) is 25.8 Å². The molecule has 1 aromatic rings. The number of rotatable bonds is 4. The van der Waals surface area contributed by atoms with Gasteiger partial charge in [-0.15, -0.1) is 0 Å². The molecule has 0 bridgehead atoms. The first-order chi connectivity index (χ1) is 9.12. The lowest BCUT2D eigenvalue weighted by Gasteiger charge is -2.21. The average Bonchev–Trinajstić information content (AvgIpc) is 2.70. The average molecular weight is 257 g/mol. The summed E-state index contributed by atoms with van der Waals surface area (Å²) >= 11 is 0. The molecule has 1 aliphatic rings. The van der Waals surface area contributed by atoms with Gasteiger partial charge in [-0.05, 0) is 30.7 Å². The van der Waals surface area contributed by atoms with Gasteiger partial charge in [0.15, 0.2) is 0 Å². The van der Waals surface area contributed by atoms with E-state index in [1.807, 2.05) is 26.1 Å². The van der Waals surface area contributed by atoms with Crippen LogP contribution in [0.2, 0.25) is 0 Å². The summed E-state index contributed by atoms with van der Waals surface area (Å²) in [5, 5.41) is 12.4. The van der Waals surface area contributed by atoms with Crippen LogP contribution in [0.3, 0.4) is 0 Å². The minimum Gasteiger partial charge on any atom is -0.315 e. The molecule has 1 heterocycles. The molecular formula is C15H19N3O. The molecule has 19 heavy (non-hydrogen) atoms. The molecule has 0 saturated carbocycles. The second-order valence-electron chi connectivity index (χ2n) is 4.93. The molecule has 1 amide bonds. The first-order valence-corrected chi connectivity index (χ1v) is 6.58. The lowest BCUT2D eigenvalue weighted by atomic mass is 9.91. The minimum absolute atomic E-state index is 0.0151. The highest BCUT2D eigenvalue weighted by molar-refractivity contribution is 6.00. The second kappa shape index (κ2) is 5.41. The first-order valence-electron chi connectivity index (χ1n) is 6.58. The predicted molar refractivity (Wildman–Crippen MR) is 74.8 cm³/mol. The van der Waals surface area contributed by atoms with Crippen LogP contribution in [0.4, 0.5) is 5.69 Å². The van der Waals surface area contributed by atoms with Gasteiger partial charge in [0.25, 0.3) is 0 Å². The van der Waals surface area contributed by atoms with Crippen molar-refractivity contribution in [1.29, 1.82) is 5.26 Å². The van der Waals surface area contributed by atoms with Crippen molar-refractivity contribution in [2.75, 3.05) is 19.0 Å². The molecule has 0 saturated heterocycles. The van der Waals surface area contributed by atoms with Crippen LogP contribution in [-0.2, 0) is 11.2 Å². The largest absolute Gasteiger partial charge is 0.315 e. The van der Waals surface area contributed by atoms with Gasteiger partial charge in [0, 0.05) is 18.8 Å². The number of likely N-dealkylation sites (N-methyl/N-ethyl adjacent to an activating group) is 1. The number of anilines is 1. The van der Waals surface area contributed by atoms with Gasteiger partial charge < -0.3 is 10.2 Å². The maximum absolute atomic E-state index is 11.7. The zero-order valence-corrected chi connectivity index (χ0v) is 11.6. The highest BCUT2D eigenvalue weighted by atomic mass is 16.2. The van der Waals surface area contributed by atoms with E-state index in [2.05, 4.69) is 17.5 Å². The summed E-state index contributed by atoms with van der Waals surface area (Å²) in [6.07, 6.45) is 1.26. The first kappa shape index (κ1) is 13.6. The third kappa shape index (κ3) is 2.34. The predicted octanol–water partition coefficient (Wildman–Crippen LogP) is 2.02. The van der Waals surface area contributed by atoms with Gasteiger partial charge >= 0.3 is 0 Å². The number of nitrogens with zero attached hydrogens (tertiary/aromatic N) is 2. The highest BCUT2D eigenvalue weighted by Crippen LogP contribution is 2.32. The SMILES string of the molecule is CCC(C#N)C(NC)c1ccc2c(c1)CC(=O)N2C. The third-order valence-corrected chi connectivity index (χ3v) is 3.86. The van der Waals surface area contributed by atoms with Crippen molar-refractivity contribution in [3.8, 4) is 6.07 Å². The number of hydrogen-bond acceptors (Lipinski definition) is 3. The lowest BCUT2D eigenvalue weighted by molar-refractivity contribution is -0.117. The Labute approximate surface area is 114 Å². The third-order valence-electron chi connectivity index (χ3n) is 3.86. The quantitative estimate of drug-likeness (QED) is 0.897. The number of amides is 1. The molecule has 4 heteroatoms. The van der Waals surface area contributed by atoms with Crippen LogP contribution in [-0.4, -0.2) is 20.0 Å². The van der Waals surface area contributed by atoms with Crippen molar-refractivity contribution in [1.82, 2.24) is 5.32 Å². The van der Waals surface area contributed by atoms with E-state index in [9.17, 15) is 10.1 Å². The number of hydrogen-bond donors (Lipinski definition) is 1. The summed E-state index contributed by atoms with van der Waals surface area (Å²) < 4.78 is 0. The fourth-order valence-corrected chi connectivity index (χ4v) is 2.69. The molecule has 2 unspecified atom stereocenters. The molecule has 0 fully saturated rings. The Morgan fingerprint density at radius 3 is 2.84 bits per heavy atom. The summed E-state index contributed by atoms with van der Waals surface area (Å²) in [6.45, 7) is 2.02. The Bertz CT molecular complexity index is 533. The van der Waals surface area contributed by atoms with Gasteiger partial charge in [0.2, 0.25) is 5.91 Å². The standard InChI is InChI=1S/C15H19N3O/c1-4-10(9-16)15(17-2)11-5-6-13-12(7-11)8-14(19)18(13)3/h5-7,10,15,17H,4,8H2,1-3H3. The van der Waals surface area contributed by atoms with Gasteiger partial charge in [-0.2, -0.15) is 5.26 Å². The van der Waals surface area contributed by atoms with Crippen molar-refractivity contribution in [3.05, 3.63) is 29.3 Å². The molecule has 100 valence electrons. The van der Waals surface area contributed by atoms with E-state index in [0.717, 1.165) is 23.2 Å². The molecule has 1 N–H and O–H groups in total. The maximum Gasteiger partial charge on any atom is 0.231 e. The Hall–Kier alpha value is -1.86. The fraction of sp³-hybridized carbons (Fsp3) is 0.467. The molecule has 4 nitrogen and oxygen atoms in total. The van der Waals surface area contributed by atoms with Crippen molar-refractivity contribution >= 4 is 11.6 Å². The normalized spacial score (nSPS) is 16.9. The molecule has 0 aromatic heterocycles. The Balaban J connectivity index is 2.35.